The van der Waals surface area contributed by atoms with Gasteiger partial charge in [-0.1, -0.05) is 6.92 Å². The van der Waals surface area contributed by atoms with Gasteiger partial charge in [0.15, 0.2) is 0 Å². The quantitative estimate of drug-likeness (QED) is 0.609. The zero-order valence-corrected chi connectivity index (χ0v) is 13.6. The van der Waals surface area contributed by atoms with E-state index in [0.717, 1.165) is 19.4 Å². The van der Waals surface area contributed by atoms with E-state index in [0.29, 0.717) is 26.2 Å². The summed E-state index contributed by atoms with van der Waals surface area (Å²) >= 11 is 0. The van der Waals surface area contributed by atoms with Gasteiger partial charge in [-0.25, -0.2) is 0 Å². The Morgan fingerprint density at radius 3 is 1.95 bits per heavy atom. The Hall–Kier alpha value is -0.433. The minimum atomic E-state index is -2.83. The zero-order valence-electron chi connectivity index (χ0n) is 12.6. The highest BCUT2D eigenvalue weighted by atomic mass is 28.4. The number of hydrogen-bond acceptors (Lipinski definition) is 4. The lowest BCUT2D eigenvalue weighted by Crippen LogP contribution is -2.63. The molecule has 19 heavy (non-hydrogen) atoms. The first-order chi connectivity index (χ1) is 9.15. The van der Waals surface area contributed by atoms with Crippen molar-refractivity contribution in [3.63, 3.8) is 0 Å². The van der Waals surface area contributed by atoms with Gasteiger partial charge in [-0.15, -0.1) is 0 Å². The molecule has 1 heterocycles. The molecule has 1 aliphatic rings. The molecule has 6 heteroatoms. The fraction of sp³-hybridized carbons (Fsp3) is 0.923. The molecule has 0 aromatic rings. The number of amides is 1. The first-order valence-corrected chi connectivity index (χ1v) is 9.16. The molecular formula is C13H27NO4Si. The third kappa shape index (κ3) is 3.78. The first kappa shape index (κ1) is 16.6. The van der Waals surface area contributed by atoms with E-state index in [4.69, 9.17) is 13.3 Å². The Labute approximate surface area is 117 Å². The summed E-state index contributed by atoms with van der Waals surface area (Å²) in [6, 6.07) is 0. The van der Waals surface area contributed by atoms with E-state index >= 15 is 0 Å². The van der Waals surface area contributed by atoms with E-state index in [1.165, 1.54) is 0 Å². The third-order valence-electron chi connectivity index (χ3n) is 3.32. The van der Waals surface area contributed by atoms with Crippen LogP contribution in [0.3, 0.4) is 0 Å². The maximum absolute atomic E-state index is 12.0. The van der Waals surface area contributed by atoms with Crippen LogP contribution < -0.4 is 0 Å². The molecule has 0 aliphatic carbocycles. The van der Waals surface area contributed by atoms with Crippen LogP contribution >= 0.6 is 0 Å². The van der Waals surface area contributed by atoms with Gasteiger partial charge in [0.05, 0.1) is 0 Å². The molecule has 1 unspecified atom stereocenters. The van der Waals surface area contributed by atoms with Crippen molar-refractivity contribution >= 4 is 14.7 Å². The summed E-state index contributed by atoms with van der Waals surface area (Å²) in [7, 11) is -2.83. The van der Waals surface area contributed by atoms with Crippen molar-refractivity contribution in [2.24, 2.45) is 0 Å². The van der Waals surface area contributed by atoms with E-state index in [1.807, 2.05) is 25.7 Å². The molecular weight excluding hydrogens is 262 g/mol. The van der Waals surface area contributed by atoms with Crippen molar-refractivity contribution in [1.82, 2.24) is 4.90 Å². The van der Waals surface area contributed by atoms with Crippen LogP contribution in [-0.2, 0) is 18.1 Å². The molecule has 0 aromatic carbocycles. The number of carbonyl (C=O) groups is 1. The van der Waals surface area contributed by atoms with Gasteiger partial charge in [-0.3, -0.25) is 4.79 Å². The minimum absolute atomic E-state index is 0.0534. The Balaban J connectivity index is 2.98. The fourth-order valence-corrected chi connectivity index (χ4v) is 5.87. The van der Waals surface area contributed by atoms with E-state index in [2.05, 4.69) is 6.92 Å². The SMILES string of the molecule is CCO[Si](OCC)(OCC)C(CC)N1CCCC1=O. The van der Waals surface area contributed by atoms with E-state index < -0.39 is 8.80 Å². The molecule has 1 atom stereocenters. The van der Waals surface area contributed by atoms with Crippen LogP contribution in [0.2, 0.25) is 0 Å². The van der Waals surface area contributed by atoms with Crippen molar-refractivity contribution < 1.29 is 18.1 Å². The third-order valence-corrected chi connectivity index (χ3v) is 6.93. The second-order valence-electron chi connectivity index (χ2n) is 4.52. The van der Waals surface area contributed by atoms with Crippen LogP contribution in [0.4, 0.5) is 0 Å². The number of hydrogen-bond donors (Lipinski definition) is 0. The fourth-order valence-electron chi connectivity index (χ4n) is 2.68. The van der Waals surface area contributed by atoms with Crippen LogP contribution in [0.1, 0.15) is 47.0 Å². The molecule has 0 spiro atoms. The molecule has 5 nitrogen and oxygen atoms in total. The van der Waals surface area contributed by atoms with Crippen LogP contribution in [0.5, 0.6) is 0 Å². The summed E-state index contributed by atoms with van der Waals surface area (Å²) in [6.07, 6.45) is 2.35. The molecule has 1 rings (SSSR count). The molecule has 0 radical (unpaired) electrons. The maximum Gasteiger partial charge on any atom is 0.524 e. The van der Waals surface area contributed by atoms with E-state index in [1.54, 1.807) is 0 Å². The molecule has 112 valence electrons. The predicted octanol–water partition coefficient (Wildman–Crippen LogP) is 1.97. The highest BCUT2D eigenvalue weighted by Gasteiger charge is 2.53. The topological polar surface area (TPSA) is 48.0 Å². The molecule has 0 bridgehead atoms. The lowest BCUT2D eigenvalue weighted by Gasteiger charge is -2.39. The summed E-state index contributed by atoms with van der Waals surface area (Å²) in [4.78, 5) is 13.9. The van der Waals surface area contributed by atoms with Crippen molar-refractivity contribution in [3.05, 3.63) is 0 Å². The predicted molar refractivity (Wildman–Crippen MR) is 75.7 cm³/mol. The largest absolute Gasteiger partial charge is 0.524 e. The van der Waals surface area contributed by atoms with Gasteiger partial charge in [-0.2, -0.15) is 0 Å². The van der Waals surface area contributed by atoms with Crippen molar-refractivity contribution in [2.75, 3.05) is 26.4 Å². The summed E-state index contributed by atoms with van der Waals surface area (Å²) in [6.45, 7) is 10.3. The highest BCUT2D eigenvalue weighted by molar-refractivity contribution is 6.62. The van der Waals surface area contributed by atoms with Gasteiger partial charge < -0.3 is 18.2 Å². The molecule has 1 saturated heterocycles. The van der Waals surface area contributed by atoms with Gasteiger partial charge in [-0.05, 0) is 33.6 Å². The standard InChI is InChI=1S/C13H27NO4Si/c1-5-13(14-11-9-10-12(14)15)19(16-6-2,17-7-3)18-8-4/h13H,5-11H2,1-4H3. The highest BCUT2D eigenvalue weighted by Crippen LogP contribution is 2.26. The lowest BCUT2D eigenvalue weighted by molar-refractivity contribution is -0.130. The molecule has 0 saturated carbocycles. The van der Waals surface area contributed by atoms with Crippen LogP contribution in [0.15, 0.2) is 0 Å². The smallest absolute Gasteiger partial charge is 0.373 e. The monoisotopic (exact) mass is 289 g/mol. The van der Waals surface area contributed by atoms with Crippen molar-refractivity contribution in [2.45, 2.75) is 52.6 Å². The number of nitrogens with zero attached hydrogens (tertiary/aromatic N) is 1. The van der Waals surface area contributed by atoms with Gasteiger partial charge in [0.25, 0.3) is 0 Å². The van der Waals surface area contributed by atoms with Gasteiger partial charge in [0, 0.05) is 32.8 Å². The van der Waals surface area contributed by atoms with Crippen LogP contribution in [0.25, 0.3) is 0 Å². The molecule has 1 aliphatic heterocycles. The van der Waals surface area contributed by atoms with E-state index in [-0.39, 0.29) is 11.6 Å². The summed E-state index contributed by atoms with van der Waals surface area (Å²) < 4.78 is 17.8. The van der Waals surface area contributed by atoms with Gasteiger partial charge >= 0.3 is 8.80 Å². The Kier molecular flexibility index (Phi) is 6.99. The van der Waals surface area contributed by atoms with Crippen LogP contribution in [-0.4, -0.2) is 51.6 Å². The average Bonchev–Trinajstić information content (AvgIpc) is 2.78. The van der Waals surface area contributed by atoms with E-state index in [9.17, 15) is 4.79 Å². The summed E-state index contributed by atoms with van der Waals surface area (Å²) in [5.74, 6) is 0.197. The summed E-state index contributed by atoms with van der Waals surface area (Å²) in [5, 5.41) is 0. The Morgan fingerprint density at radius 1 is 1.11 bits per heavy atom. The normalized spacial score (nSPS) is 18.1. The maximum atomic E-state index is 12.0. The van der Waals surface area contributed by atoms with Gasteiger partial charge in [0.2, 0.25) is 5.91 Å². The molecule has 0 aromatic heterocycles. The second kappa shape index (κ2) is 7.99. The zero-order chi connectivity index (χ0) is 14.3. The second-order valence-corrected chi connectivity index (χ2v) is 7.26. The Bertz CT molecular complexity index is 271. The molecule has 0 N–H and O–H groups in total. The number of rotatable bonds is 9. The van der Waals surface area contributed by atoms with Crippen molar-refractivity contribution in [1.29, 1.82) is 0 Å². The number of likely N-dealkylation sites (tertiary alicyclic amines) is 1. The molecule has 1 fully saturated rings. The van der Waals surface area contributed by atoms with Crippen LogP contribution in [0, 0.1) is 0 Å². The summed E-state index contributed by atoms with van der Waals surface area (Å²) in [5.41, 5.74) is -0.0534. The van der Waals surface area contributed by atoms with Gasteiger partial charge in [0.1, 0.15) is 5.67 Å². The first-order valence-electron chi connectivity index (χ1n) is 7.36. The van der Waals surface area contributed by atoms with Crippen molar-refractivity contribution in [3.8, 4) is 0 Å². The minimum Gasteiger partial charge on any atom is -0.373 e. The Morgan fingerprint density at radius 2 is 1.63 bits per heavy atom. The molecule has 1 amide bonds. The number of carbonyl (C=O) groups excluding carboxylic acids is 1. The lowest BCUT2D eigenvalue weighted by atomic mass is 10.4. The average molecular weight is 289 g/mol.